The van der Waals surface area contributed by atoms with Crippen LogP contribution in [0.3, 0.4) is 0 Å². The van der Waals surface area contributed by atoms with Gasteiger partial charge in [0.05, 0.1) is 11.5 Å². The van der Waals surface area contributed by atoms with Gasteiger partial charge in [0.25, 0.3) is 0 Å². The van der Waals surface area contributed by atoms with E-state index in [2.05, 4.69) is 31.8 Å². The van der Waals surface area contributed by atoms with Crippen LogP contribution >= 0.6 is 0 Å². The highest BCUT2D eigenvalue weighted by Gasteiger charge is 2.42. The second kappa shape index (κ2) is 9.89. The molecule has 9 heteroatoms. The average Bonchev–Trinajstić information content (AvgIpc) is 3.13. The zero-order chi connectivity index (χ0) is 24.4. The summed E-state index contributed by atoms with van der Waals surface area (Å²) in [6.07, 6.45) is 15.1. The number of aryl methyl sites for hydroxylation is 1. The van der Waals surface area contributed by atoms with E-state index in [1.165, 1.54) is 24.7 Å². The average molecular weight is 494 g/mol. The number of piperidine rings is 1. The van der Waals surface area contributed by atoms with Crippen LogP contribution in [0.2, 0.25) is 0 Å². The fourth-order valence-corrected chi connectivity index (χ4v) is 5.91. The summed E-state index contributed by atoms with van der Waals surface area (Å²) < 4.78 is 29.2. The Balaban J connectivity index is 1.17. The second-order valence-electron chi connectivity index (χ2n) is 9.63. The molecule has 0 saturated carbocycles. The summed E-state index contributed by atoms with van der Waals surface area (Å²) in [5.74, 6) is 1.31. The van der Waals surface area contributed by atoms with Gasteiger partial charge in [0, 0.05) is 48.7 Å². The summed E-state index contributed by atoms with van der Waals surface area (Å²) in [6.45, 7) is 2.77. The molecule has 1 aromatic carbocycles. The Labute approximate surface area is 206 Å². The summed E-state index contributed by atoms with van der Waals surface area (Å²) in [5, 5.41) is 0. The highest BCUT2D eigenvalue weighted by atomic mass is 32.2. The number of anilines is 1. The van der Waals surface area contributed by atoms with Crippen molar-refractivity contribution in [3.63, 3.8) is 0 Å². The monoisotopic (exact) mass is 493 g/mol. The molecule has 0 radical (unpaired) electrons. The maximum absolute atomic E-state index is 11.6. The van der Waals surface area contributed by atoms with E-state index in [9.17, 15) is 8.42 Å². The van der Waals surface area contributed by atoms with Crippen molar-refractivity contribution in [1.29, 1.82) is 0 Å². The number of hydrogen-bond acceptors (Lipinski definition) is 8. The first kappa shape index (κ1) is 23.7. The van der Waals surface area contributed by atoms with E-state index in [-0.39, 0.29) is 0 Å². The van der Waals surface area contributed by atoms with Crippen molar-refractivity contribution in [3.05, 3.63) is 54.6 Å². The van der Waals surface area contributed by atoms with Gasteiger partial charge in [-0.05, 0) is 61.3 Å². The maximum atomic E-state index is 11.6. The van der Waals surface area contributed by atoms with E-state index in [4.69, 9.17) is 4.74 Å². The SMILES string of the molecule is CCCc1cnc(N2C3CCC2CC(COc2ncc(-c4ccc(S(C)(=O)=O)cc4)cn2)C3)nc1. The molecule has 4 heterocycles. The number of fused-ring (bicyclic) bond motifs is 2. The first-order chi connectivity index (χ1) is 16.9. The highest BCUT2D eigenvalue weighted by Crippen LogP contribution is 2.40. The molecule has 8 nitrogen and oxygen atoms in total. The Hall–Kier alpha value is -3.07. The summed E-state index contributed by atoms with van der Waals surface area (Å²) >= 11 is 0. The van der Waals surface area contributed by atoms with Gasteiger partial charge in [0.15, 0.2) is 9.84 Å². The molecule has 3 aromatic rings. The fourth-order valence-electron chi connectivity index (χ4n) is 5.28. The van der Waals surface area contributed by atoms with E-state index in [0.29, 0.717) is 35.5 Å². The quantitative estimate of drug-likeness (QED) is 0.462. The predicted octanol–water partition coefficient (Wildman–Crippen LogP) is 4.12. The molecule has 0 N–H and O–H groups in total. The van der Waals surface area contributed by atoms with Crippen LogP contribution in [0.5, 0.6) is 6.01 Å². The maximum Gasteiger partial charge on any atom is 0.316 e. The van der Waals surface area contributed by atoms with Crippen LogP contribution in [0.4, 0.5) is 5.95 Å². The molecule has 2 bridgehead atoms. The van der Waals surface area contributed by atoms with Crippen molar-refractivity contribution in [2.45, 2.75) is 62.4 Å². The molecular weight excluding hydrogens is 462 g/mol. The Kier molecular flexibility index (Phi) is 6.69. The molecule has 0 amide bonds. The minimum atomic E-state index is -3.21. The molecule has 2 aliphatic heterocycles. The van der Waals surface area contributed by atoms with Crippen molar-refractivity contribution in [2.24, 2.45) is 5.92 Å². The molecule has 2 aromatic heterocycles. The van der Waals surface area contributed by atoms with Gasteiger partial charge in [-0.1, -0.05) is 25.5 Å². The number of benzene rings is 1. The molecule has 0 aliphatic carbocycles. The lowest BCUT2D eigenvalue weighted by Gasteiger charge is -2.38. The Morgan fingerprint density at radius 1 is 0.914 bits per heavy atom. The minimum Gasteiger partial charge on any atom is -0.463 e. The number of rotatable bonds is 8. The smallest absolute Gasteiger partial charge is 0.316 e. The Morgan fingerprint density at radius 3 is 2.11 bits per heavy atom. The standard InChI is InChI=1S/C26H31N5O3S/c1-3-4-18-13-27-25(28-14-18)31-22-7-8-23(31)12-19(11-22)17-34-26-29-15-21(16-30-26)20-5-9-24(10-6-20)35(2,32)33/h5-6,9-10,13-16,19,22-23H,3-4,7-8,11-12,17H2,1-2H3. The van der Waals surface area contributed by atoms with Crippen molar-refractivity contribution in [1.82, 2.24) is 19.9 Å². The summed E-state index contributed by atoms with van der Waals surface area (Å²) in [6, 6.07) is 8.00. The van der Waals surface area contributed by atoms with Gasteiger partial charge >= 0.3 is 6.01 Å². The van der Waals surface area contributed by atoms with Gasteiger partial charge in [0.2, 0.25) is 5.95 Å². The number of ether oxygens (including phenoxy) is 1. The zero-order valence-corrected chi connectivity index (χ0v) is 21.0. The van der Waals surface area contributed by atoms with Crippen LogP contribution in [0.15, 0.2) is 53.9 Å². The normalized spacial score (nSPS) is 21.8. The molecule has 2 aliphatic rings. The summed E-state index contributed by atoms with van der Waals surface area (Å²) in [7, 11) is -3.21. The van der Waals surface area contributed by atoms with Gasteiger partial charge < -0.3 is 9.64 Å². The first-order valence-electron chi connectivity index (χ1n) is 12.3. The number of aromatic nitrogens is 4. The van der Waals surface area contributed by atoms with Gasteiger partial charge in [-0.3, -0.25) is 0 Å². The lowest BCUT2D eigenvalue weighted by atomic mass is 9.91. The van der Waals surface area contributed by atoms with Crippen LogP contribution in [-0.2, 0) is 16.3 Å². The van der Waals surface area contributed by atoms with Crippen LogP contribution in [0.25, 0.3) is 11.1 Å². The summed E-state index contributed by atoms with van der Waals surface area (Å²) in [4.78, 5) is 20.8. The van der Waals surface area contributed by atoms with E-state index in [1.54, 1.807) is 36.7 Å². The third-order valence-corrected chi connectivity index (χ3v) is 8.11. The lowest BCUT2D eigenvalue weighted by molar-refractivity contribution is 0.191. The van der Waals surface area contributed by atoms with E-state index < -0.39 is 9.84 Å². The van der Waals surface area contributed by atoms with Crippen LogP contribution < -0.4 is 9.64 Å². The first-order valence-corrected chi connectivity index (χ1v) is 14.1. The third kappa shape index (κ3) is 5.29. The third-order valence-electron chi connectivity index (χ3n) is 6.98. The molecule has 2 unspecified atom stereocenters. The predicted molar refractivity (Wildman–Crippen MR) is 134 cm³/mol. The van der Waals surface area contributed by atoms with Gasteiger partial charge in [-0.25, -0.2) is 28.4 Å². The minimum absolute atomic E-state index is 0.294. The van der Waals surface area contributed by atoms with E-state index >= 15 is 0 Å². The lowest BCUT2D eigenvalue weighted by Crippen LogP contribution is -2.45. The molecular formula is C26H31N5O3S. The van der Waals surface area contributed by atoms with Crippen molar-refractivity contribution < 1.29 is 13.2 Å². The zero-order valence-electron chi connectivity index (χ0n) is 20.2. The molecule has 2 saturated heterocycles. The summed E-state index contributed by atoms with van der Waals surface area (Å²) in [5.41, 5.74) is 2.87. The molecule has 5 rings (SSSR count). The number of hydrogen-bond donors (Lipinski definition) is 0. The largest absolute Gasteiger partial charge is 0.463 e. The van der Waals surface area contributed by atoms with E-state index in [1.807, 2.05) is 12.4 Å². The van der Waals surface area contributed by atoms with Gasteiger partial charge in [0.1, 0.15) is 0 Å². The van der Waals surface area contributed by atoms with E-state index in [0.717, 1.165) is 42.8 Å². The highest BCUT2D eigenvalue weighted by molar-refractivity contribution is 7.90. The number of nitrogens with zero attached hydrogens (tertiary/aromatic N) is 5. The Bertz CT molecular complexity index is 1230. The molecule has 2 fully saturated rings. The fraction of sp³-hybridized carbons (Fsp3) is 0.462. The van der Waals surface area contributed by atoms with Crippen molar-refractivity contribution >= 4 is 15.8 Å². The van der Waals surface area contributed by atoms with Crippen molar-refractivity contribution in [2.75, 3.05) is 17.8 Å². The van der Waals surface area contributed by atoms with Crippen LogP contribution in [-0.4, -0.2) is 53.3 Å². The molecule has 0 spiro atoms. The van der Waals surface area contributed by atoms with Gasteiger partial charge in [-0.15, -0.1) is 0 Å². The van der Waals surface area contributed by atoms with Crippen LogP contribution in [0, 0.1) is 5.92 Å². The van der Waals surface area contributed by atoms with Crippen LogP contribution in [0.1, 0.15) is 44.6 Å². The Morgan fingerprint density at radius 2 is 1.54 bits per heavy atom. The molecule has 2 atom stereocenters. The van der Waals surface area contributed by atoms with Gasteiger partial charge in [-0.2, -0.15) is 0 Å². The molecule has 184 valence electrons. The molecule has 35 heavy (non-hydrogen) atoms. The topological polar surface area (TPSA) is 98.2 Å². The number of sulfone groups is 1. The second-order valence-corrected chi connectivity index (χ2v) is 11.6. The van der Waals surface area contributed by atoms with Crippen molar-refractivity contribution in [3.8, 4) is 17.1 Å².